The third kappa shape index (κ3) is 6.27. The van der Waals surface area contributed by atoms with Crippen LogP contribution in [0.3, 0.4) is 0 Å². The maximum absolute atomic E-state index is 12.9. The summed E-state index contributed by atoms with van der Waals surface area (Å²) < 4.78 is 12.9. The summed E-state index contributed by atoms with van der Waals surface area (Å²) in [5.41, 5.74) is 7.14. The van der Waals surface area contributed by atoms with Gasteiger partial charge < -0.3 is 20.9 Å². The van der Waals surface area contributed by atoms with Gasteiger partial charge in [0.2, 0.25) is 0 Å². The number of hydrogen-bond donors (Lipinski definition) is 3. The molecule has 2 rings (SSSR count). The fourth-order valence-electron chi connectivity index (χ4n) is 2.68. The maximum atomic E-state index is 12.9. The number of benzene rings is 2. The van der Waals surface area contributed by atoms with E-state index < -0.39 is 16.4 Å². The molecule has 3 atom stereocenters. The first-order valence-corrected chi connectivity index (χ1v) is 10.7. The summed E-state index contributed by atoms with van der Waals surface area (Å²) in [5.74, 6) is 0.173. The highest BCUT2D eigenvalue weighted by atomic mass is 35.5. The molecule has 0 aliphatic carbocycles. The Bertz CT molecular complexity index is 784. The summed E-state index contributed by atoms with van der Waals surface area (Å²) in [6, 6.07) is 15.9. The van der Waals surface area contributed by atoms with Crippen LogP contribution in [0.5, 0.6) is 0 Å². The van der Waals surface area contributed by atoms with Crippen LogP contribution in [0.2, 0.25) is 5.02 Å². The van der Waals surface area contributed by atoms with Crippen molar-refractivity contribution in [3.8, 4) is 0 Å². The molecule has 4 N–H and O–H groups in total. The maximum Gasteiger partial charge on any atom is 0.278 e. The van der Waals surface area contributed by atoms with Crippen LogP contribution in [0.25, 0.3) is 0 Å². The van der Waals surface area contributed by atoms with Crippen molar-refractivity contribution in [3.63, 3.8) is 0 Å². The lowest BCUT2D eigenvalue weighted by Gasteiger charge is -2.21. The number of carbonyl (C=O) groups excluding carboxylic acids is 1. The highest BCUT2D eigenvalue weighted by Crippen LogP contribution is 2.22. The van der Waals surface area contributed by atoms with Crippen LogP contribution in [-0.2, 0) is 16.0 Å². The molecule has 0 radical (unpaired) electrons. The second-order valence-electron chi connectivity index (χ2n) is 6.28. The van der Waals surface area contributed by atoms with E-state index in [2.05, 4.69) is 10.6 Å². The van der Waals surface area contributed by atoms with E-state index >= 15 is 0 Å². The van der Waals surface area contributed by atoms with Crippen molar-refractivity contribution in [1.29, 1.82) is 0 Å². The van der Waals surface area contributed by atoms with Crippen LogP contribution in [0.1, 0.15) is 31.4 Å². The summed E-state index contributed by atoms with van der Waals surface area (Å²) >= 11 is 4.42. The van der Waals surface area contributed by atoms with Crippen molar-refractivity contribution in [3.05, 3.63) is 77.1 Å². The number of amides is 1. The van der Waals surface area contributed by atoms with Gasteiger partial charge in [0.25, 0.3) is 5.91 Å². The van der Waals surface area contributed by atoms with E-state index in [9.17, 15) is 9.35 Å². The van der Waals surface area contributed by atoms with E-state index in [4.69, 9.17) is 17.3 Å². The summed E-state index contributed by atoms with van der Waals surface area (Å²) in [7, 11) is 1.70. The van der Waals surface area contributed by atoms with E-state index in [0.29, 0.717) is 22.2 Å². The summed E-state index contributed by atoms with van der Waals surface area (Å²) in [5, 5.41) is 5.67. The molecule has 0 saturated heterocycles. The van der Waals surface area contributed by atoms with E-state index in [0.717, 1.165) is 12.0 Å². The Morgan fingerprint density at radius 3 is 2.43 bits per heavy atom. The number of nitrogens with one attached hydrogen (secondary N) is 2. The molecule has 3 unspecified atom stereocenters. The van der Waals surface area contributed by atoms with Gasteiger partial charge in [0.15, 0.2) is 10.1 Å². The molecule has 2 aromatic rings. The first kappa shape index (κ1) is 22.3. The van der Waals surface area contributed by atoms with Crippen molar-refractivity contribution in [2.45, 2.75) is 36.0 Å². The highest BCUT2D eigenvalue weighted by molar-refractivity contribution is 7.92. The molecule has 1 amide bonds. The van der Waals surface area contributed by atoms with E-state index in [1.54, 1.807) is 37.4 Å². The Kier molecular flexibility index (Phi) is 8.86. The van der Waals surface area contributed by atoms with Crippen molar-refractivity contribution in [1.82, 2.24) is 10.6 Å². The zero-order chi connectivity index (χ0) is 20.5. The number of halogens is 1. The standard InChI is InChI=1S/C21H26ClN3O2S/c1-3-7-19(28(27)17-12-10-16(22)11-13-17)21(26)25-20(24-2)14-18(23)15-8-5-4-6-9-15/h4-6,8-14,18-19,24H,3,7,23H2,1-2H3,(H,25,26)/b20-14+. The molecular formula is C21H26ClN3O2S. The van der Waals surface area contributed by atoms with Gasteiger partial charge >= 0.3 is 0 Å². The topological polar surface area (TPSA) is 90.2 Å². The number of nitrogens with two attached hydrogens (primary N) is 1. The monoisotopic (exact) mass is 419 g/mol. The van der Waals surface area contributed by atoms with Gasteiger partial charge in [-0.2, -0.15) is 0 Å². The quantitative estimate of drug-likeness (QED) is 0.542. The van der Waals surface area contributed by atoms with Gasteiger partial charge in [-0.05, 0) is 47.1 Å². The Morgan fingerprint density at radius 2 is 1.86 bits per heavy atom. The summed E-state index contributed by atoms with van der Waals surface area (Å²) in [4.78, 5) is 13.4. The molecule has 0 saturated carbocycles. The lowest BCUT2D eigenvalue weighted by molar-refractivity contribution is -0.120. The van der Waals surface area contributed by atoms with Gasteiger partial charge in [-0.15, -0.1) is 0 Å². The van der Waals surface area contributed by atoms with E-state index in [-0.39, 0.29) is 11.9 Å². The minimum atomic E-state index is -1.48. The number of hydrogen-bond acceptors (Lipinski definition) is 4. The third-order valence-electron chi connectivity index (χ3n) is 4.21. The molecule has 0 aliphatic rings. The van der Waals surface area contributed by atoms with Crippen molar-refractivity contribution in [2.75, 3.05) is 7.05 Å². The molecule has 0 heterocycles. The zero-order valence-electron chi connectivity index (χ0n) is 16.0. The molecule has 5 nitrogen and oxygen atoms in total. The SMILES string of the molecule is CCCC(C(=O)N/C(=C/C(N)c1ccccc1)NC)[S+]([O-])c1ccc(Cl)cc1. The average molecular weight is 420 g/mol. The second kappa shape index (κ2) is 11.1. The molecule has 2 aromatic carbocycles. The molecule has 0 spiro atoms. The smallest absolute Gasteiger partial charge is 0.278 e. The van der Waals surface area contributed by atoms with Crippen LogP contribution in [0.4, 0.5) is 0 Å². The average Bonchev–Trinajstić information content (AvgIpc) is 2.72. The van der Waals surface area contributed by atoms with Crippen molar-refractivity contribution < 1.29 is 9.35 Å². The second-order valence-corrected chi connectivity index (χ2v) is 8.36. The lowest BCUT2D eigenvalue weighted by Crippen LogP contribution is -2.42. The lowest BCUT2D eigenvalue weighted by atomic mass is 10.1. The molecule has 0 aliphatic heterocycles. The molecule has 28 heavy (non-hydrogen) atoms. The van der Waals surface area contributed by atoms with Crippen molar-refractivity contribution in [2.24, 2.45) is 5.73 Å². The van der Waals surface area contributed by atoms with Crippen LogP contribution < -0.4 is 16.4 Å². The van der Waals surface area contributed by atoms with Gasteiger partial charge in [-0.25, -0.2) is 0 Å². The van der Waals surface area contributed by atoms with Gasteiger partial charge in [-0.1, -0.05) is 55.3 Å². The number of rotatable bonds is 9. The third-order valence-corrected chi connectivity index (χ3v) is 6.16. The molecule has 0 bridgehead atoms. The minimum Gasteiger partial charge on any atom is -0.611 e. The summed E-state index contributed by atoms with van der Waals surface area (Å²) in [6.45, 7) is 1.96. The largest absolute Gasteiger partial charge is 0.611 e. The number of carbonyl (C=O) groups is 1. The van der Waals surface area contributed by atoms with E-state index in [1.165, 1.54) is 0 Å². The van der Waals surface area contributed by atoms with Crippen molar-refractivity contribution >= 4 is 28.7 Å². The molecule has 0 aromatic heterocycles. The van der Waals surface area contributed by atoms with Gasteiger partial charge in [-0.3, -0.25) is 4.79 Å². The fourth-order valence-corrected chi connectivity index (χ4v) is 4.24. The van der Waals surface area contributed by atoms with Crippen LogP contribution in [0.15, 0.2) is 71.4 Å². The van der Waals surface area contributed by atoms with Gasteiger partial charge in [0.1, 0.15) is 5.82 Å². The normalized spacial score (nSPS) is 14.8. The first-order valence-electron chi connectivity index (χ1n) is 9.13. The van der Waals surface area contributed by atoms with Gasteiger partial charge in [0.05, 0.1) is 6.04 Å². The van der Waals surface area contributed by atoms with Gasteiger partial charge in [0, 0.05) is 18.5 Å². The Hall–Kier alpha value is -1.99. The Balaban J connectivity index is 2.14. The first-order chi connectivity index (χ1) is 13.5. The predicted octanol–water partition coefficient (Wildman–Crippen LogP) is 3.49. The molecule has 150 valence electrons. The Morgan fingerprint density at radius 1 is 1.21 bits per heavy atom. The highest BCUT2D eigenvalue weighted by Gasteiger charge is 2.32. The van der Waals surface area contributed by atoms with Crippen LogP contribution >= 0.6 is 11.6 Å². The molecule has 0 fully saturated rings. The Labute approximate surface area is 174 Å². The van der Waals surface area contributed by atoms with Crippen LogP contribution in [0, 0.1) is 0 Å². The summed E-state index contributed by atoms with van der Waals surface area (Å²) in [6.07, 6.45) is 2.98. The molecule has 7 heteroatoms. The fraction of sp³-hybridized carbons (Fsp3) is 0.286. The van der Waals surface area contributed by atoms with Crippen LogP contribution in [-0.4, -0.2) is 22.8 Å². The predicted molar refractivity (Wildman–Crippen MR) is 115 cm³/mol. The zero-order valence-corrected chi connectivity index (χ0v) is 17.6. The molecular weight excluding hydrogens is 394 g/mol. The van der Waals surface area contributed by atoms with E-state index in [1.807, 2.05) is 37.3 Å². The minimum absolute atomic E-state index is 0.309.